The summed E-state index contributed by atoms with van der Waals surface area (Å²) in [5, 5.41) is 0. The fourth-order valence-corrected chi connectivity index (χ4v) is 3.10. The Labute approximate surface area is 134 Å². The predicted molar refractivity (Wildman–Crippen MR) is 79.6 cm³/mol. The van der Waals surface area contributed by atoms with Gasteiger partial charge in [-0.15, -0.1) is 11.3 Å². The van der Waals surface area contributed by atoms with E-state index in [1.54, 1.807) is 12.1 Å². The smallest absolute Gasteiger partial charge is 0.264 e. The highest BCUT2D eigenvalue weighted by Gasteiger charge is 2.30. The van der Waals surface area contributed by atoms with E-state index in [0.717, 1.165) is 12.4 Å². The molecule has 2 aromatic heterocycles. The third-order valence-electron chi connectivity index (χ3n) is 3.14. The molecule has 0 atom stereocenters. The maximum absolute atomic E-state index is 12.8. The standard InChI is InChI=1S/C13H10ClFN4O2S/c14-10-2-1-9(22-10)12(21)18-3-4-19(11(20)7-18)13-16-5-8(15)6-17-13/h1-2,5-6H,3-4,7H2. The summed E-state index contributed by atoms with van der Waals surface area (Å²) in [6, 6.07) is 3.28. The highest BCUT2D eigenvalue weighted by Crippen LogP contribution is 2.23. The minimum Gasteiger partial charge on any atom is -0.327 e. The summed E-state index contributed by atoms with van der Waals surface area (Å²) < 4.78 is 13.3. The second-order valence-electron chi connectivity index (χ2n) is 4.58. The van der Waals surface area contributed by atoms with E-state index in [1.165, 1.54) is 21.1 Å². The lowest BCUT2D eigenvalue weighted by Crippen LogP contribution is -2.52. The molecule has 0 spiro atoms. The molecule has 6 nitrogen and oxygen atoms in total. The van der Waals surface area contributed by atoms with Gasteiger partial charge in [0.1, 0.15) is 6.54 Å². The van der Waals surface area contributed by atoms with Crippen LogP contribution in [0.3, 0.4) is 0 Å². The van der Waals surface area contributed by atoms with Crippen molar-refractivity contribution in [2.24, 2.45) is 0 Å². The molecule has 114 valence electrons. The Morgan fingerprint density at radius 1 is 1.27 bits per heavy atom. The summed E-state index contributed by atoms with van der Waals surface area (Å²) >= 11 is 6.99. The van der Waals surface area contributed by atoms with Crippen molar-refractivity contribution < 1.29 is 14.0 Å². The number of carbonyl (C=O) groups excluding carboxylic acids is 2. The van der Waals surface area contributed by atoms with Crippen LogP contribution in [0.1, 0.15) is 9.67 Å². The van der Waals surface area contributed by atoms with Crippen LogP contribution in [0.2, 0.25) is 4.34 Å². The number of aromatic nitrogens is 2. The molecule has 1 aliphatic heterocycles. The first-order chi connectivity index (χ1) is 10.5. The molecule has 9 heteroatoms. The summed E-state index contributed by atoms with van der Waals surface area (Å²) in [6.07, 6.45) is 2.00. The Balaban J connectivity index is 1.71. The van der Waals surface area contributed by atoms with Gasteiger partial charge < -0.3 is 4.90 Å². The van der Waals surface area contributed by atoms with E-state index in [1.807, 2.05) is 0 Å². The molecule has 22 heavy (non-hydrogen) atoms. The van der Waals surface area contributed by atoms with Gasteiger partial charge in [-0.3, -0.25) is 14.5 Å². The lowest BCUT2D eigenvalue weighted by atomic mass is 10.3. The zero-order valence-corrected chi connectivity index (χ0v) is 12.8. The SMILES string of the molecule is O=C(c1ccc(Cl)s1)N1CCN(c2ncc(F)cn2)C(=O)C1. The number of anilines is 1. The molecule has 0 N–H and O–H groups in total. The predicted octanol–water partition coefficient (Wildman–Crippen LogP) is 1.82. The Hall–Kier alpha value is -2.06. The van der Waals surface area contributed by atoms with E-state index in [0.29, 0.717) is 15.8 Å². The zero-order valence-electron chi connectivity index (χ0n) is 11.2. The molecular weight excluding hydrogens is 331 g/mol. The molecule has 0 radical (unpaired) electrons. The molecule has 3 rings (SSSR count). The van der Waals surface area contributed by atoms with Gasteiger partial charge >= 0.3 is 0 Å². The van der Waals surface area contributed by atoms with Gasteiger partial charge in [0, 0.05) is 13.1 Å². The van der Waals surface area contributed by atoms with Gasteiger partial charge in [0.2, 0.25) is 11.9 Å². The molecule has 0 unspecified atom stereocenters. The van der Waals surface area contributed by atoms with E-state index >= 15 is 0 Å². The minimum atomic E-state index is -0.570. The maximum atomic E-state index is 12.8. The largest absolute Gasteiger partial charge is 0.327 e. The second kappa shape index (κ2) is 5.98. The van der Waals surface area contributed by atoms with E-state index in [-0.39, 0.29) is 30.9 Å². The molecule has 2 aromatic rings. The van der Waals surface area contributed by atoms with Crippen molar-refractivity contribution in [3.05, 3.63) is 39.6 Å². The van der Waals surface area contributed by atoms with E-state index in [9.17, 15) is 14.0 Å². The van der Waals surface area contributed by atoms with Gasteiger partial charge in [-0.05, 0) is 12.1 Å². The van der Waals surface area contributed by atoms with Crippen LogP contribution in [0.25, 0.3) is 0 Å². The van der Waals surface area contributed by atoms with Gasteiger partial charge in [-0.25, -0.2) is 14.4 Å². The molecule has 0 saturated carbocycles. The van der Waals surface area contributed by atoms with Crippen molar-refractivity contribution in [1.82, 2.24) is 14.9 Å². The topological polar surface area (TPSA) is 66.4 Å². The molecule has 1 fully saturated rings. The molecule has 1 aliphatic rings. The van der Waals surface area contributed by atoms with Crippen LogP contribution >= 0.6 is 22.9 Å². The lowest BCUT2D eigenvalue weighted by molar-refractivity contribution is -0.120. The molecule has 2 amide bonds. The van der Waals surface area contributed by atoms with Crippen molar-refractivity contribution in [1.29, 1.82) is 0 Å². The summed E-state index contributed by atoms with van der Waals surface area (Å²) in [6.45, 7) is 0.533. The number of hydrogen-bond acceptors (Lipinski definition) is 5. The van der Waals surface area contributed by atoms with Gasteiger partial charge in [0.25, 0.3) is 5.91 Å². The number of amides is 2. The first-order valence-corrected chi connectivity index (χ1v) is 7.56. The third-order valence-corrected chi connectivity index (χ3v) is 4.36. The Kier molecular flexibility index (Phi) is 4.04. The van der Waals surface area contributed by atoms with Crippen molar-refractivity contribution in [2.45, 2.75) is 0 Å². The second-order valence-corrected chi connectivity index (χ2v) is 6.29. The summed E-state index contributed by atoms with van der Waals surface area (Å²) in [7, 11) is 0. The average Bonchev–Trinajstić information content (AvgIpc) is 2.94. The number of nitrogens with zero attached hydrogens (tertiary/aromatic N) is 4. The van der Waals surface area contributed by atoms with Crippen LogP contribution in [0.15, 0.2) is 24.5 Å². The maximum Gasteiger partial charge on any atom is 0.264 e. The first kappa shape index (κ1) is 14.9. The number of piperazine rings is 1. The fourth-order valence-electron chi connectivity index (χ4n) is 2.09. The van der Waals surface area contributed by atoms with Crippen LogP contribution in [0.4, 0.5) is 10.3 Å². The van der Waals surface area contributed by atoms with Crippen LogP contribution in [-0.4, -0.2) is 46.3 Å². The van der Waals surface area contributed by atoms with Crippen LogP contribution in [-0.2, 0) is 4.79 Å². The molecule has 0 aromatic carbocycles. The van der Waals surface area contributed by atoms with Gasteiger partial charge in [0.15, 0.2) is 5.82 Å². The molecule has 0 bridgehead atoms. The Morgan fingerprint density at radius 3 is 2.59 bits per heavy atom. The fraction of sp³-hybridized carbons (Fsp3) is 0.231. The normalized spacial score (nSPS) is 15.3. The van der Waals surface area contributed by atoms with Crippen LogP contribution in [0, 0.1) is 5.82 Å². The van der Waals surface area contributed by atoms with Gasteiger partial charge in [-0.2, -0.15) is 0 Å². The highest BCUT2D eigenvalue weighted by molar-refractivity contribution is 7.17. The van der Waals surface area contributed by atoms with E-state index < -0.39 is 5.82 Å². The van der Waals surface area contributed by atoms with Crippen molar-refractivity contribution in [3.63, 3.8) is 0 Å². The lowest BCUT2D eigenvalue weighted by Gasteiger charge is -2.32. The Bertz CT molecular complexity index is 721. The number of rotatable bonds is 2. The van der Waals surface area contributed by atoms with E-state index in [4.69, 9.17) is 11.6 Å². The molecular formula is C13H10ClFN4O2S. The average molecular weight is 341 g/mol. The molecule has 3 heterocycles. The summed E-state index contributed by atoms with van der Waals surface area (Å²) in [5.41, 5.74) is 0. The zero-order chi connectivity index (χ0) is 15.7. The molecule has 0 aliphatic carbocycles. The van der Waals surface area contributed by atoms with Crippen molar-refractivity contribution >= 4 is 40.7 Å². The Morgan fingerprint density at radius 2 is 2.00 bits per heavy atom. The number of halogens is 2. The van der Waals surface area contributed by atoms with Crippen LogP contribution < -0.4 is 4.90 Å². The summed E-state index contributed by atoms with van der Waals surface area (Å²) in [5.74, 6) is -0.976. The third kappa shape index (κ3) is 2.93. The number of carbonyl (C=O) groups is 2. The van der Waals surface area contributed by atoms with Crippen molar-refractivity contribution in [3.8, 4) is 0 Å². The quantitative estimate of drug-likeness (QED) is 0.836. The first-order valence-electron chi connectivity index (χ1n) is 6.37. The van der Waals surface area contributed by atoms with Gasteiger partial charge in [-0.1, -0.05) is 11.6 Å². The summed E-state index contributed by atoms with van der Waals surface area (Å²) in [4.78, 5) is 35.3. The van der Waals surface area contributed by atoms with Crippen molar-refractivity contribution in [2.75, 3.05) is 24.5 Å². The van der Waals surface area contributed by atoms with Crippen LogP contribution in [0.5, 0.6) is 0 Å². The molecule has 1 saturated heterocycles. The number of hydrogen-bond donors (Lipinski definition) is 0. The van der Waals surface area contributed by atoms with Gasteiger partial charge in [0.05, 0.1) is 21.6 Å². The monoisotopic (exact) mass is 340 g/mol. The van der Waals surface area contributed by atoms with E-state index in [2.05, 4.69) is 9.97 Å². The number of thiophene rings is 1. The highest BCUT2D eigenvalue weighted by atomic mass is 35.5. The minimum absolute atomic E-state index is 0.0743.